The van der Waals surface area contributed by atoms with Crippen LogP contribution in [-0.4, -0.2) is 0 Å². The normalized spacial score (nSPS) is 11.0. The number of rotatable bonds is 4. The first-order chi connectivity index (χ1) is 13.3. The van der Waals surface area contributed by atoms with E-state index in [1.807, 2.05) is 24.3 Å². The fourth-order valence-electron chi connectivity index (χ4n) is 3.29. The average molecular weight is 347 g/mol. The van der Waals surface area contributed by atoms with Crippen LogP contribution in [0.25, 0.3) is 34.4 Å². The van der Waals surface area contributed by atoms with Crippen LogP contribution in [0, 0.1) is 0 Å². The Labute approximate surface area is 160 Å². The highest BCUT2D eigenvalue weighted by atomic mass is 14.5. The van der Waals surface area contributed by atoms with Gasteiger partial charge in [0.2, 0.25) is 0 Å². The summed E-state index contributed by atoms with van der Waals surface area (Å²) in [5.41, 5.74) is 13.9. The van der Waals surface area contributed by atoms with Crippen LogP contribution in [0.4, 0.5) is 5.69 Å². The molecule has 0 aromatic heterocycles. The minimum absolute atomic E-state index is 0.774. The number of nitrogen functional groups attached to an aromatic ring is 1. The van der Waals surface area contributed by atoms with Crippen molar-refractivity contribution in [1.29, 1.82) is 0 Å². The second-order valence-electron chi connectivity index (χ2n) is 6.50. The van der Waals surface area contributed by atoms with E-state index in [0.717, 1.165) is 16.8 Å². The summed E-state index contributed by atoms with van der Waals surface area (Å²) in [6.45, 7) is 0. The number of hydrogen-bond donors (Lipinski definition) is 1. The molecule has 0 radical (unpaired) electrons. The molecule has 1 heteroatoms. The quantitative estimate of drug-likeness (QED) is 0.320. The van der Waals surface area contributed by atoms with Crippen molar-refractivity contribution in [3.8, 4) is 22.3 Å². The maximum atomic E-state index is 6.05. The fraction of sp³-hybridized carbons (Fsp3) is 0. The van der Waals surface area contributed by atoms with Gasteiger partial charge in [0, 0.05) is 5.69 Å². The predicted molar refractivity (Wildman–Crippen MR) is 117 cm³/mol. The molecule has 0 fully saturated rings. The molecule has 130 valence electrons. The van der Waals surface area contributed by atoms with E-state index in [4.69, 9.17) is 5.73 Å². The summed E-state index contributed by atoms with van der Waals surface area (Å²) in [5.74, 6) is 0. The Kier molecular flexibility index (Phi) is 4.84. The molecule has 0 heterocycles. The van der Waals surface area contributed by atoms with Crippen LogP contribution in [0.2, 0.25) is 0 Å². The number of nitrogens with two attached hydrogens (primary N) is 1. The first kappa shape index (κ1) is 16.9. The lowest BCUT2D eigenvalue weighted by Crippen LogP contribution is -1.89. The Morgan fingerprint density at radius 3 is 1.67 bits per heavy atom. The zero-order chi connectivity index (χ0) is 18.5. The van der Waals surface area contributed by atoms with E-state index < -0.39 is 0 Å². The molecule has 0 atom stereocenters. The molecule has 0 amide bonds. The number of benzene rings is 4. The standard InChI is InChI=1S/C26H21N/c27-24-18-17-23(26(19-24)21-11-5-2-6-12-21)16-15-22-13-7-8-14-25(22)20-9-3-1-4-10-20/h1-19H,27H2/b16-15+. The van der Waals surface area contributed by atoms with Gasteiger partial charge >= 0.3 is 0 Å². The summed E-state index contributed by atoms with van der Waals surface area (Å²) in [6, 6.07) is 35.4. The largest absolute Gasteiger partial charge is 0.399 e. The Bertz CT molecular complexity index is 1060. The van der Waals surface area contributed by atoms with Gasteiger partial charge in [-0.1, -0.05) is 103 Å². The van der Waals surface area contributed by atoms with Crippen molar-refractivity contribution in [1.82, 2.24) is 0 Å². The summed E-state index contributed by atoms with van der Waals surface area (Å²) in [4.78, 5) is 0. The molecule has 27 heavy (non-hydrogen) atoms. The van der Waals surface area contributed by atoms with Gasteiger partial charge in [0.25, 0.3) is 0 Å². The SMILES string of the molecule is Nc1ccc(/C=C/c2ccccc2-c2ccccc2)c(-c2ccccc2)c1. The molecule has 0 aliphatic carbocycles. The average Bonchev–Trinajstić information content (AvgIpc) is 2.74. The Morgan fingerprint density at radius 2 is 1.00 bits per heavy atom. The second kappa shape index (κ2) is 7.76. The first-order valence-electron chi connectivity index (χ1n) is 9.09. The van der Waals surface area contributed by atoms with E-state index in [1.165, 1.54) is 22.3 Å². The predicted octanol–water partition coefficient (Wildman–Crippen LogP) is 6.77. The van der Waals surface area contributed by atoms with E-state index >= 15 is 0 Å². The van der Waals surface area contributed by atoms with Crippen LogP contribution < -0.4 is 5.73 Å². The lowest BCUT2D eigenvalue weighted by molar-refractivity contribution is 1.58. The second-order valence-corrected chi connectivity index (χ2v) is 6.50. The summed E-state index contributed by atoms with van der Waals surface area (Å²) in [5, 5.41) is 0. The zero-order valence-corrected chi connectivity index (χ0v) is 15.0. The monoisotopic (exact) mass is 347 g/mol. The van der Waals surface area contributed by atoms with E-state index in [0.29, 0.717) is 0 Å². The van der Waals surface area contributed by atoms with E-state index in [-0.39, 0.29) is 0 Å². The van der Waals surface area contributed by atoms with Gasteiger partial charge in [0.1, 0.15) is 0 Å². The lowest BCUT2D eigenvalue weighted by Gasteiger charge is -2.09. The van der Waals surface area contributed by atoms with Gasteiger partial charge in [-0.05, 0) is 45.5 Å². The fourth-order valence-corrected chi connectivity index (χ4v) is 3.29. The van der Waals surface area contributed by atoms with Gasteiger partial charge < -0.3 is 5.73 Å². The van der Waals surface area contributed by atoms with Crippen LogP contribution in [0.1, 0.15) is 11.1 Å². The highest BCUT2D eigenvalue weighted by molar-refractivity contribution is 5.86. The molecule has 4 aromatic carbocycles. The maximum Gasteiger partial charge on any atom is 0.0320 e. The molecule has 1 nitrogen and oxygen atoms in total. The van der Waals surface area contributed by atoms with Crippen LogP contribution >= 0.6 is 0 Å². The molecule has 0 aliphatic rings. The molecule has 0 spiro atoms. The Balaban J connectivity index is 1.75. The van der Waals surface area contributed by atoms with Gasteiger partial charge in [0.05, 0.1) is 0 Å². The van der Waals surface area contributed by atoms with Gasteiger partial charge in [-0.15, -0.1) is 0 Å². The van der Waals surface area contributed by atoms with Gasteiger partial charge in [0.15, 0.2) is 0 Å². The summed E-state index contributed by atoms with van der Waals surface area (Å²) in [6.07, 6.45) is 4.35. The molecular weight excluding hydrogens is 326 g/mol. The zero-order valence-electron chi connectivity index (χ0n) is 15.0. The molecule has 2 N–H and O–H groups in total. The molecule has 0 saturated carbocycles. The van der Waals surface area contributed by atoms with Crippen molar-refractivity contribution in [2.24, 2.45) is 0 Å². The van der Waals surface area contributed by atoms with Gasteiger partial charge in [-0.3, -0.25) is 0 Å². The lowest BCUT2D eigenvalue weighted by atomic mass is 9.96. The molecule has 0 bridgehead atoms. The van der Waals surface area contributed by atoms with Crippen LogP contribution in [0.3, 0.4) is 0 Å². The molecule has 4 aromatic rings. The van der Waals surface area contributed by atoms with Crippen LogP contribution in [0.15, 0.2) is 103 Å². The van der Waals surface area contributed by atoms with Crippen molar-refractivity contribution < 1.29 is 0 Å². The smallest absolute Gasteiger partial charge is 0.0320 e. The maximum absolute atomic E-state index is 6.05. The van der Waals surface area contributed by atoms with Gasteiger partial charge in [-0.25, -0.2) is 0 Å². The van der Waals surface area contributed by atoms with Crippen LogP contribution in [-0.2, 0) is 0 Å². The topological polar surface area (TPSA) is 26.0 Å². The molecule has 0 unspecified atom stereocenters. The van der Waals surface area contributed by atoms with Gasteiger partial charge in [-0.2, -0.15) is 0 Å². The third-order valence-electron chi connectivity index (χ3n) is 4.65. The highest BCUT2D eigenvalue weighted by Gasteiger charge is 2.05. The minimum atomic E-state index is 0.774. The number of anilines is 1. The summed E-state index contributed by atoms with van der Waals surface area (Å²) < 4.78 is 0. The Hall–Kier alpha value is -3.58. The summed E-state index contributed by atoms with van der Waals surface area (Å²) in [7, 11) is 0. The minimum Gasteiger partial charge on any atom is -0.399 e. The van der Waals surface area contributed by atoms with E-state index in [2.05, 4.69) is 91.0 Å². The van der Waals surface area contributed by atoms with Crippen molar-refractivity contribution in [3.63, 3.8) is 0 Å². The summed E-state index contributed by atoms with van der Waals surface area (Å²) >= 11 is 0. The highest BCUT2D eigenvalue weighted by Crippen LogP contribution is 2.29. The Morgan fingerprint density at radius 1 is 0.481 bits per heavy atom. The van der Waals surface area contributed by atoms with E-state index in [1.54, 1.807) is 0 Å². The van der Waals surface area contributed by atoms with Crippen molar-refractivity contribution >= 4 is 17.8 Å². The first-order valence-corrected chi connectivity index (χ1v) is 9.09. The molecule has 0 saturated heterocycles. The molecular formula is C26H21N. The van der Waals surface area contributed by atoms with Crippen LogP contribution in [0.5, 0.6) is 0 Å². The molecule has 0 aliphatic heterocycles. The van der Waals surface area contributed by atoms with Crippen molar-refractivity contribution in [3.05, 3.63) is 114 Å². The third-order valence-corrected chi connectivity index (χ3v) is 4.65. The number of hydrogen-bond acceptors (Lipinski definition) is 1. The third kappa shape index (κ3) is 3.83. The molecule has 4 rings (SSSR count). The van der Waals surface area contributed by atoms with E-state index in [9.17, 15) is 0 Å². The van der Waals surface area contributed by atoms with Crippen molar-refractivity contribution in [2.45, 2.75) is 0 Å². The van der Waals surface area contributed by atoms with Crippen molar-refractivity contribution in [2.75, 3.05) is 5.73 Å².